The van der Waals surface area contributed by atoms with Crippen LogP contribution in [0.25, 0.3) is 0 Å². The lowest BCUT2D eigenvalue weighted by Gasteiger charge is -2.24. The van der Waals surface area contributed by atoms with E-state index in [0.29, 0.717) is 6.04 Å². The molecule has 0 bridgehead atoms. The molecule has 1 saturated heterocycles. The maximum atomic E-state index is 5.42. The van der Waals surface area contributed by atoms with Gasteiger partial charge in [0.05, 0.1) is 13.2 Å². The van der Waals surface area contributed by atoms with Gasteiger partial charge in [0.15, 0.2) is 0 Å². The van der Waals surface area contributed by atoms with E-state index in [0.717, 1.165) is 32.8 Å². The van der Waals surface area contributed by atoms with Crippen molar-refractivity contribution in [2.24, 2.45) is 0 Å². The van der Waals surface area contributed by atoms with Gasteiger partial charge in [-0.05, 0) is 17.5 Å². The number of ether oxygens (including phenoxy) is 1. The number of morpholine rings is 1. The minimum absolute atomic E-state index is 0.457. The van der Waals surface area contributed by atoms with Gasteiger partial charge in [0.1, 0.15) is 0 Å². The van der Waals surface area contributed by atoms with Gasteiger partial charge in [0.25, 0.3) is 0 Å². The Balaban J connectivity index is 1.69. The van der Waals surface area contributed by atoms with Crippen LogP contribution in [0.2, 0.25) is 0 Å². The van der Waals surface area contributed by atoms with Crippen molar-refractivity contribution >= 4 is 0 Å². The van der Waals surface area contributed by atoms with Crippen LogP contribution in [0.3, 0.4) is 0 Å². The zero-order valence-corrected chi connectivity index (χ0v) is 11.2. The highest BCUT2D eigenvalue weighted by molar-refractivity contribution is 5.22. The molecule has 1 aromatic rings. The normalized spacial score (nSPS) is 19.9. The highest BCUT2D eigenvalue weighted by Crippen LogP contribution is 2.06. The van der Waals surface area contributed by atoms with Crippen molar-refractivity contribution in [2.75, 3.05) is 26.3 Å². The number of benzene rings is 1. The number of hydrogen-bond acceptors (Lipinski definition) is 3. The van der Waals surface area contributed by atoms with E-state index < -0.39 is 0 Å². The molecule has 1 aromatic carbocycles. The number of nitrogens with one attached hydrogen (secondary N) is 2. The zero-order valence-electron chi connectivity index (χ0n) is 11.2. The average molecular weight is 248 g/mol. The summed E-state index contributed by atoms with van der Waals surface area (Å²) in [4.78, 5) is 0. The Morgan fingerprint density at radius 2 is 2.06 bits per heavy atom. The Morgan fingerprint density at radius 1 is 1.28 bits per heavy atom. The maximum Gasteiger partial charge on any atom is 0.0632 e. The predicted octanol–water partition coefficient (Wildman–Crippen LogP) is 1.72. The van der Waals surface area contributed by atoms with Crippen LogP contribution in [0, 0.1) is 0 Å². The standard InChI is InChI=1S/C15H24N2O/c1-2-3-13-4-6-14(7-5-13)10-16-11-15-12-18-9-8-17-15/h4-7,15-17H,2-3,8-12H2,1H3. The second kappa shape index (κ2) is 7.52. The lowest BCUT2D eigenvalue weighted by molar-refractivity contribution is 0.0766. The van der Waals surface area contributed by atoms with Crippen LogP contribution in [0.15, 0.2) is 24.3 Å². The molecule has 100 valence electrons. The Morgan fingerprint density at radius 3 is 2.72 bits per heavy atom. The molecule has 3 nitrogen and oxygen atoms in total. The molecule has 0 aliphatic carbocycles. The van der Waals surface area contributed by atoms with Gasteiger partial charge in [-0.2, -0.15) is 0 Å². The Bertz CT molecular complexity index is 331. The molecule has 1 fully saturated rings. The molecule has 1 heterocycles. The third-order valence-corrected chi connectivity index (χ3v) is 3.28. The van der Waals surface area contributed by atoms with Gasteiger partial charge in [0.2, 0.25) is 0 Å². The fourth-order valence-corrected chi connectivity index (χ4v) is 2.25. The van der Waals surface area contributed by atoms with Crippen LogP contribution in [0.5, 0.6) is 0 Å². The first-order chi connectivity index (χ1) is 8.88. The fourth-order valence-electron chi connectivity index (χ4n) is 2.25. The SMILES string of the molecule is CCCc1ccc(CNCC2COCCN2)cc1. The van der Waals surface area contributed by atoms with E-state index in [1.165, 1.54) is 24.0 Å². The summed E-state index contributed by atoms with van der Waals surface area (Å²) in [5.41, 5.74) is 2.79. The molecule has 1 aliphatic rings. The van der Waals surface area contributed by atoms with Crippen molar-refractivity contribution in [1.82, 2.24) is 10.6 Å². The van der Waals surface area contributed by atoms with Crippen LogP contribution in [-0.4, -0.2) is 32.3 Å². The van der Waals surface area contributed by atoms with Gasteiger partial charge in [-0.15, -0.1) is 0 Å². The van der Waals surface area contributed by atoms with Gasteiger partial charge < -0.3 is 15.4 Å². The Kier molecular flexibility index (Phi) is 5.65. The van der Waals surface area contributed by atoms with E-state index in [4.69, 9.17) is 4.74 Å². The smallest absolute Gasteiger partial charge is 0.0632 e. The van der Waals surface area contributed by atoms with Crippen molar-refractivity contribution in [1.29, 1.82) is 0 Å². The summed E-state index contributed by atoms with van der Waals surface area (Å²) >= 11 is 0. The minimum Gasteiger partial charge on any atom is -0.378 e. The van der Waals surface area contributed by atoms with Crippen molar-refractivity contribution in [2.45, 2.75) is 32.4 Å². The van der Waals surface area contributed by atoms with Crippen molar-refractivity contribution in [3.8, 4) is 0 Å². The molecule has 2 rings (SSSR count). The summed E-state index contributed by atoms with van der Waals surface area (Å²) in [5.74, 6) is 0. The van der Waals surface area contributed by atoms with Gasteiger partial charge >= 0.3 is 0 Å². The highest BCUT2D eigenvalue weighted by atomic mass is 16.5. The van der Waals surface area contributed by atoms with Crippen LogP contribution in [0.1, 0.15) is 24.5 Å². The topological polar surface area (TPSA) is 33.3 Å². The molecule has 2 N–H and O–H groups in total. The third-order valence-electron chi connectivity index (χ3n) is 3.28. The lowest BCUT2D eigenvalue weighted by Crippen LogP contribution is -2.47. The molecule has 0 spiro atoms. The van der Waals surface area contributed by atoms with Crippen LogP contribution in [0.4, 0.5) is 0 Å². The molecule has 1 aliphatic heterocycles. The fraction of sp³-hybridized carbons (Fsp3) is 0.600. The third kappa shape index (κ3) is 4.41. The molecule has 0 amide bonds. The summed E-state index contributed by atoms with van der Waals surface area (Å²) in [6, 6.07) is 9.38. The summed E-state index contributed by atoms with van der Waals surface area (Å²) in [6.45, 7) is 6.76. The quantitative estimate of drug-likeness (QED) is 0.804. The van der Waals surface area contributed by atoms with E-state index in [1.807, 2.05) is 0 Å². The van der Waals surface area contributed by atoms with Gasteiger partial charge in [-0.25, -0.2) is 0 Å². The van der Waals surface area contributed by atoms with E-state index in [9.17, 15) is 0 Å². The first-order valence-corrected chi connectivity index (χ1v) is 6.98. The second-order valence-corrected chi connectivity index (χ2v) is 4.92. The lowest BCUT2D eigenvalue weighted by atomic mass is 10.1. The molecule has 1 atom stereocenters. The zero-order chi connectivity index (χ0) is 12.6. The van der Waals surface area contributed by atoms with Crippen LogP contribution < -0.4 is 10.6 Å². The highest BCUT2D eigenvalue weighted by Gasteiger charge is 2.11. The Hall–Kier alpha value is -0.900. The second-order valence-electron chi connectivity index (χ2n) is 4.92. The van der Waals surface area contributed by atoms with E-state index >= 15 is 0 Å². The Labute approximate surface area is 110 Å². The van der Waals surface area contributed by atoms with Crippen molar-refractivity contribution in [3.05, 3.63) is 35.4 Å². The first-order valence-electron chi connectivity index (χ1n) is 6.98. The van der Waals surface area contributed by atoms with Gasteiger partial charge in [-0.1, -0.05) is 37.6 Å². The number of rotatable bonds is 6. The maximum absolute atomic E-state index is 5.42. The molecular weight excluding hydrogens is 224 g/mol. The largest absolute Gasteiger partial charge is 0.378 e. The molecule has 18 heavy (non-hydrogen) atoms. The molecule has 1 unspecified atom stereocenters. The molecule has 0 aromatic heterocycles. The summed E-state index contributed by atoms with van der Waals surface area (Å²) in [5, 5.41) is 6.92. The molecule has 0 saturated carbocycles. The average Bonchev–Trinajstić information content (AvgIpc) is 2.42. The van der Waals surface area contributed by atoms with Crippen LogP contribution in [-0.2, 0) is 17.7 Å². The van der Waals surface area contributed by atoms with E-state index in [1.54, 1.807) is 0 Å². The number of aryl methyl sites for hydroxylation is 1. The van der Waals surface area contributed by atoms with E-state index in [-0.39, 0.29) is 0 Å². The van der Waals surface area contributed by atoms with Gasteiger partial charge in [0, 0.05) is 25.7 Å². The van der Waals surface area contributed by atoms with E-state index in [2.05, 4.69) is 41.8 Å². The summed E-state index contributed by atoms with van der Waals surface area (Å²) in [6.07, 6.45) is 2.39. The first kappa shape index (κ1) is 13.5. The summed E-state index contributed by atoms with van der Waals surface area (Å²) in [7, 11) is 0. The van der Waals surface area contributed by atoms with Crippen molar-refractivity contribution < 1.29 is 4.74 Å². The van der Waals surface area contributed by atoms with Crippen LogP contribution >= 0.6 is 0 Å². The molecular formula is C15H24N2O. The monoisotopic (exact) mass is 248 g/mol. The predicted molar refractivity (Wildman–Crippen MR) is 74.8 cm³/mol. The number of hydrogen-bond donors (Lipinski definition) is 2. The van der Waals surface area contributed by atoms with Crippen molar-refractivity contribution in [3.63, 3.8) is 0 Å². The molecule has 3 heteroatoms. The molecule has 0 radical (unpaired) electrons. The van der Waals surface area contributed by atoms with Gasteiger partial charge in [-0.3, -0.25) is 0 Å². The summed E-state index contributed by atoms with van der Waals surface area (Å²) < 4.78 is 5.42. The minimum atomic E-state index is 0.457.